The van der Waals surface area contributed by atoms with Crippen molar-refractivity contribution in [2.45, 2.75) is 23.9 Å². The largest absolute Gasteiger partial charge is 0.494 e. The number of nitrogens with zero attached hydrogens (tertiary/aromatic N) is 1. The Morgan fingerprint density at radius 1 is 1.06 bits per heavy atom. The Bertz CT molecular complexity index is 1060. The molecular formula is C20H25N5O6S. The molecule has 0 aromatic heterocycles. The first kappa shape index (κ1) is 24.8. The minimum absolute atomic E-state index is 0.00462. The molecule has 0 aliphatic heterocycles. The van der Waals surface area contributed by atoms with Crippen molar-refractivity contribution in [2.75, 3.05) is 13.2 Å². The van der Waals surface area contributed by atoms with Crippen LogP contribution in [0.3, 0.4) is 0 Å². The summed E-state index contributed by atoms with van der Waals surface area (Å²) in [5.41, 5.74) is 16.2. The number of nitrogens with two attached hydrogens (primary N) is 3. The second-order valence-electron chi connectivity index (χ2n) is 6.54. The summed E-state index contributed by atoms with van der Waals surface area (Å²) in [6.07, 6.45) is -1.26. The molecule has 1 atom stereocenters. The van der Waals surface area contributed by atoms with Gasteiger partial charge in [0.2, 0.25) is 10.0 Å². The molecule has 0 spiro atoms. The molecule has 0 radical (unpaired) electrons. The normalized spacial score (nSPS) is 11.9. The fourth-order valence-electron chi connectivity index (χ4n) is 2.47. The van der Waals surface area contributed by atoms with Crippen LogP contribution in [0.1, 0.15) is 23.2 Å². The SMILES string of the molecule is NC(N)=NCCCOc1cccc(C(=O)OC(=O)C[C@@H](N)NS(=O)(=O)c2ccccc2)c1. The number of benzene rings is 2. The zero-order chi connectivity index (χ0) is 23.6. The van der Waals surface area contributed by atoms with Crippen LogP contribution in [0.4, 0.5) is 0 Å². The highest BCUT2D eigenvalue weighted by molar-refractivity contribution is 7.89. The van der Waals surface area contributed by atoms with Crippen LogP contribution in [-0.2, 0) is 19.6 Å². The van der Waals surface area contributed by atoms with Crippen LogP contribution in [0, 0.1) is 0 Å². The van der Waals surface area contributed by atoms with Gasteiger partial charge in [0.25, 0.3) is 0 Å². The molecule has 7 N–H and O–H groups in total. The highest BCUT2D eigenvalue weighted by Crippen LogP contribution is 2.15. The van der Waals surface area contributed by atoms with E-state index in [0.29, 0.717) is 25.3 Å². The minimum atomic E-state index is -3.92. The Labute approximate surface area is 185 Å². The number of sulfonamides is 1. The van der Waals surface area contributed by atoms with Crippen LogP contribution in [-0.4, -0.2) is 45.6 Å². The van der Waals surface area contributed by atoms with Crippen LogP contribution >= 0.6 is 0 Å². The summed E-state index contributed by atoms with van der Waals surface area (Å²) in [6, 6.07) is 13.6. The Morgan fingerprint density at radius 2 is 1.78 bits per heavy atom. The third kappa shape index (κ3) is 8.34. The van der Waals surface area contributed by atoms with Crippen LogP contribution in [0.15, 0.2) is 64.5 Å². The lowest BCUT2D eigenvalue weighted by molar-refractivity contribution is -0.138. The lowest BCUT2D eigenvalue weighted by Crippen LogP contribution is -2.43. The van der Waals surface area contributed by atoms with Crippen LogP contribution in [0.2, 0.25) is 0 Å². The van der Waals surface area contributed by atoms with Crippen molar-refractivity contribution < 1.29 is 27.5 Å². The maximum absolute atomic E-state index is 12.2. The van der Waals surface area contributed by atoms with Crippen LogP contribution in [0.25, 0.3) is 0 Å². The summed E-state index contributed by atoms with van der Waals surface area (Å²) in [5.74, 6) is -1.52. The fraction of sp³-hybridized carbons (Fsp3) is 0.250. The van der Waals surface area contributed by atoms with Gasteiger partial charge in [0.1, 0.15) is 5.75 Å². The molecule has 0 unspecified atom stereocenters. The van der Waals surface area contributed by atoms with Gasteiger partial charge in [-0.3, -0.25) is 9.79 Å². The van der Waals surface area contributed by atoms with Crippen molar-refractivity contribution in [2.24, 2.45) is 22.2 Å². The minimum Gasteiger partial charge on any atom is -0.494 e. The molecule has 11 nitrogen and oxygen atoms in total. The highest BCUT2D eigenvalue weighted by Gasteiger charge is 2.22. The Hall–Kier alpha value is -3.48. The van der Waals surface area contributed by atoms with Gasteiger partial charge in [0.15, 0.2) is 5.96 Å². The van der Waals surface area contributed by atoms with Gasteiger partial charge in [-0.25, -0.2) is 13.2 Å². The summed E-state index contributed by atoms with van der Waals surface area (Å²) in [4.78, 5) is 28.1. The van der Waals surface area contributed by atoms with Crippen LogP contribution in [0.5, 0.6) is 5.75 Å². The van der Waals surface area contributed by atoms with Gasteiger partial charge in [-0.2, -0.15) is 4.72 Å². The Balaban J connectivity index is 1.85. The molecule has 0 aliphatic carbocycles. The van der Waals surface area contributed by atoms with E-state index in [-0.39, 0.29) is 16.4 Å². The van der Waals surface area contributed by atoms with Crippen molar-refractivity contribution in [3.8, 4) is 5.75 Å². The van der Waals surface area contributed by atoms with E-state index in [1.165, 1.54) is 24.3 Å². The molecule has 0 saturated heterocycles. The van der Waals surface area contributed by atoms with E-state index < -0.39 is 34.5 Å². The van der Waals surface area contributed by atoms with Crippen LogP contribution < -0.4 is 26.7 Å². The van der Waals surface area contributed by atoms with Gasteiger partial charge >= 0.3 is 11.9 Å². The number of nitrogens with one attached hydrogen (secondary N) is 1. The molecule has 32 heavy (non-hydrogen) atoms. The molecule has 2 aromatic rings. The fourth-order valence-corrected chi connectivity index (χ4v) is 3.60. The number of aliphatic imine (C=N–C) groups is 1. The van der Waals surface area contributed by atoms with Gasteiger partial charge in [-0.1, -0.05) is 24.3 Å². The molecule has 12 heteroatoms. The maximum Gasteiger partial charge on any atom is 0.345 e. The molecule has 0 amide bonds. The standard InChI is InChI=1S/C20H25N5O6S/c21-17(25-32(28,29)16-8-2-1-3-9-16)13-18(26)31-19(27)14-6-4-7-15(12-14)30-11-5-10-24-20(22)23/h1-4,6-9,12,17,25H,5,10-11,13,21H2,(H4,22,23,24)/t17-/m0/s1. The highest BCUT2D eigenvalue weighted by atomic mass is 32.2. The molecule has 172 valence electrons. The average molecular weight is 464 g/mol. The quantitative estimate of drug-likeness (QED) is 0.0891. The predicted molar refractivity (Wildman–Crippen MR) is 117 cm³/mol. The lowest BCUT2D eigenvalue weighted by atomic mass is 10.2. The first-order valence-electron chi connectivity index (χ1n) is 9.53. The molecule has 0 saturated carbocycles. The van der Waals surface area contributed by atoms with E-state index in [9.17, 15) is 18.0 Å². The third-order valence-corrected chi connectivity index (χ3v) is 5.39. The average Bonchev–Trinajstić information content (AvgIpc) is 2.73. The molecule has 0 aliphatic rings. The molecule has 0 heterocycles. The van der Waals surface area contributed by atoms with Crippen molar-refractivity contribution in [3.63, 3.8) is 0 Å². The molecule has 0 fully saturated rings. The van der Waals surface area contributed by atoms with Gasteiger partial charge in [0, 0.05) is 13.0 Å². The van der Waals surface area contributed by atoms with Crippen molar-refractivity contribution in [3.05, 3.63) is 60.2 Å². The number of esters is 2. The van der Waals surface area contributed by atoms with E-state index in [1.807, 2.05) is 0 Å². The molecular weight excluding hydrogens is 438 g/mol. The van der Waals surface area contributed by atoms with Crippen molar-refractivity contribution in [1.29, 1.82) is 0 Å². The summed E-state index contributed by atoms with van der Waals surface area (Å²) in [6.45, 7) is 0.706. The van der Waals surface area contributed by atoms with E-state index in [4.69, 9.17) is 26.7 Å². The second kappa shape index (κ2) is 11.8. The van der Waals surface area contributed by atoms with Gasteiger partial charge in [-0.05, 0) is 30.3 Å². The summed E-state index contributed by atoms with van der Waals surface area (Å²) in [5, 5.41) is 0. The summed E-state index contributed by atoms with van der Waals surface area (Å²) < 4.78 is 36.9. The number of carbonyl (C=O) groups is 2. The first-order chi connectivity index (χ1) is 15.2. The van der Waals surface area contributed by atoms with E-state index in [0.717, 1.165) is 0 Å². The Kier molecular flexibility index (Phi) is 9.13. The predicted octanol–water partition coefficient (Wildman–Crippen LogP) is 0.0657. The van der Waals surface area contributed by atoms with Gasteiger partial charge < -0.3 is 26.7 Å². The lowest BCUT2D eigenvalue weighted by Gasteiger charge is -2.13. The molecule has 2 aromatic carbocycles. The number of ether oxygens (including phenoxy) is 2. The maximum atomic E-state index is 12.2. The number of hydrogen-bond donors (Lipinski definition) is 4. The topological polar surface area (TPSA) is 189 Å². The van der Waals surface area contributed by atoms with Gasteiger partial charge in [0.05, 0.1) is 29.7 Å². The number of carbonyl (C=O) groups excluding carboxylic acids is 2. The number of hydrogen-bond acceptors (Lipinski definition) is 8. The van der Waals surface area contributed by atoms with E-state index >= 15 is 0 Å². The number of guanidine groups is 1. The smallest absolute Gasteiger partial charge is 0.345 e. The summed E-state index contributed by atoms with van der Waals surface area (Å²) >= 11 is 0. The summed E-state index contributed by atoms with van der Waals surface area (Å²) in [7, 11) is -3.92. The zero-order valence-electron chi connectivity index (χ0n) is 17.1. The van der Waals surface area contributed by atoms with E-state index in [2.05, 4.69) is 9.71 Å². The van der Waals surface area contributed by atoms with Crippen molar-refractivity contribution >= 4 is 27.9 Å². The second-order valence-corrected chi connectivity index (χ2v) is 8.26. The van der Waals surface area contributed by atoms with Gasteiger partial charge in [-0.15, -0.1) is 0 Å². The zero-order valence-corrected chi connectivity index (χ0v) is 18.0. The molecule has 0 bridgehead atoms. The Morgan fingerprint density at radius 3 is 2.47 bits per heavy atom. The number of rotatable bonds is 11. The third-order valence-electron chi connectivity index (χ3n) is 3.89. The van der Waals surface area contributed by atoms with E-state index in [1.54, 1.807) is 30.3 Å². The monoisotopic (exact) mass is 463 g/mol. The molecule has 2 rings (SSSR count). The first-order valence-corrected chi connectivity index (χ1v) is 11.0. The van der Waals surface area contributed by atoms with Crippen molar-refractivity contribution in [1.82, 2.24) is 4.72 Å².